The molecular weight excluding hydrogens is 466 g/mol. The van der Waals surface area contributed by atoms with E-state index in [2.05, 4.69) is 27.6 Å². The summed E-state index contributed by atoms with van der Waals surface area (Å²) in [5.41, 5.74) is 2.40. The Balaban J connectivity index is 1.51. The number of nitro benzene ring substituents is 1. The molecule has 0 spiro atoms. The first-order chi connectivity index (χ1) is 15.8. The standard InChI is InChI=1S/C22H24ClN5O4S/c1-14-11-15(7-10-19(14)32-3)5-4-6-20-25-26-22(27(20)2)33-13-21(29)24-18-12-16(28(30)31)8-9-17(18)23/h7-12H,4-6,13H2,1-3H3,(H,24,29). The third kappa shape index (κ3) is 6.45. The fourth-order valence-electron chi connectivity index (χ4n) is 3.27. The van der Waals surface area contributed by atoms with E-state index in [1.807, 2.05) is 24.6 Å². The van der Waals surface area contributed by atoms with Gasteiger partial charge in [-0.25, -0.2) is 0 Å². The molecular formula is C22H24ClN5O4S. The SMILES string of the molecule is COc1ccc(CCCc2nnc(SCC(=O)Nc3cc([N+](=O)[O-])ccc3Cl)n2C)cc1C. The maximum absolute atomic E-state index is 12.3. The van der Waals surface area contributed by atoms with Gasteiger partial charge in [0, 0.05) is 25.6 Å². The number of benzene rings is 2. The second kappa shape index (κ2) is 11.2. The van der Waals surface area contributed by atoms with Crippen molar-refractivity contribution in [3.05, 3.63) is 68.5 Å². The number of nitrogens with zero attached hydrogens (tertiary/aromatic N) is 4. The van der Waals surface area contributed by atoms with Crippen LogP contribution in [0.4, 0.5) is 11.4 Å². The first-order valence-electron chi connectivity index (χ1n) is 10.2. The van der Waals surface area contributed by atoms with E-state index in [1.54, 1.807) is 7.11 Å². The zero-order chi connectivity index (χ0) is 24.0. The number of hydrogen-bond donors (Lipinski definition) is 1. The predicted molar refractivity (Wildman–Crippen MR) is 128 cm³/mol. The highest BCUT2D eigenvalue weighted by Gasteiger charge is 2.15. The lowest BCUT2D eigenvalue weighted by Crippen LogP contribution is -2.15. The molecule has 1 aromatic heterocycles. The van der Waals surface area contributed by atoms with Gasteiger partial charge in [0.2, 0.25) is 5.91 Å². The van der Waals surface area contributed by atoms with Gasteiger partial charge < -0.3 is 14.6 Å². The second-order valence-corrected chi connectivity index (χ2v) is 8.72. The Morgan fingerprint density at radius 1 is 1.24 bits per heavy atom. The lowest BCUT2D eigenvalue weighted by molar-refractivity contribution is -0.384. The quantitative estimate of drug-likeness (QED) is 0.251. The van der Waals surface area contributed by atoms with Gasteiger partial charge in [-0.1, -0.05) is 35.5 Å². The van der Waals surface area contributed by atoms with E-state index in [9.17, 15) is 14.9 Å². The molecule has 11 heteroatoms. The van der Waals surface area contributed by atoms with Crippen molar-refractivity contribution in [2.45, 2.75) is 31.3 Å². The van der Waals surface area contributed by atoms with Crippen molar-refractivity contribution in [1.82, 2.24) is 14.8 Å². The van der Waals surface area contributed by atoms with Crippen molar-refractivity contribution in [2.75, 3.05) is 18.2 Å². The average molecular weight is 490 g/mol. The molecule has 3 aromatic rings. The van der Waals surface area contributed by atoms with E-state index in [1.165, 1.54) is 35.5 Å². The Labute approximate surface area is 200 Å². The fourth-order valence-corrected chi connectivity index (χ4v) is 4.17. The smallest absolute Gasteiger partial charge is 0.271 e. The van der Waals surface area contributed by atoms with Gasteiger partial charge in [-0.05, 0) is 43.0 Å². The van der Waals surface area contributed by atoms with Crippen LogP contribution in [0, 0.1) is 17.0 Å². The normalized spacial score (nSPS) is 10.8. The number of aromatic nitrogens is 3. The molecule has 33 heavy (non-hydrogen) atoms. The minimum absolute atomic E-state index is 0.0656. The summed E-state index contributed by atoms with van der Waals surface area (Å²) in [5.74, 6) is 1.44. The number of non-ortho nitro benzene ring substituents is 1. The molecule has 1 amide bonds. The molecule has 0 saturated carbocycles. The van der Waals surface area contributed by atoms with Crippen molar-refractivity contribution >= 4 is 40.6 Å². The zero-order valence-electron chi connectivity index (χ0n) is 18.5. The van der Waals surface area contributed by atoms with Crippen LogP contribution >= 0.6 is 23.4 Å². The molecule has 3 rings (SSSR count). The van der Waals surface area contributed by atoms with Crippen LogP contribution in [0.2, 0.25) is 5.02 Å². The Kier molecular flexibility index (Phi) is 8.29. The number of nitrogens with one attached hydrogen (secondary N) is 1. The Morgan fingerprint density at radius 2 is 2.03 bits per heavy atom. The first-order valence-corrected chi connectivity index (χ1v) is 11.5. The molecule has 1 heterocycles. The van der Waals surface area contributed by atoms with Gasteiger partial charge in [-0.15, -0.1) is 10.2 Å². The molecule has 0 atom stereocenters. The van der Waals surface area contributed by atoms with Gasteiger partial charge in [0.25, 0.3) is 5.69 Å². The number of nitro groups is 1. The van der Waals surface area contributed by atoms with Crippen molar-refractivity contribution in [3.8, 4) is 5.75 Å². The minimum Gasteiger partial charge on any atom is -0.496 e. The van der Waals surface area contributed by atoms with Gasteiger partial charge in [0.15, 0.2) is 5.16 Å². The van der Waals surface area contributed by atoms with Crippen LogP contribution in [0.1, 0.15) is 23.4 Å². The van der Waals surface area contributed by atoms with Crippen molar-refractivity contribution < 1.29 is 14.5 Å². The molecule has 174 valence electrons. The number of anilines is 1. The van der Waals surface area contributed by atoms with E-state index >= 15 is 0 Å². The van der Waals surface area contributed by atoms with Gasteiger partial charge in [-0.2, -0.15) is 0 Å². The number of amides is 1. The zero-order valence-corrected chi connectivity index (χ0v) is 20.1. The summed E-state index contributed by atoms with van der Waals surface area (Å²) in [5, 5.41) is 22.8. The highest BCUT2D eigenvalue weighted by atomic mass is 35.5. The van der Waals surface area contributed by atoms with Crippen LogP contribution in [0.3, 0.4) is 0 Å². The predicted octanol–water partition coefficient (Wildman–Crippen LogP) is 4.60. The molecule has 0 bridgehead atoms. The third-order valence-corrected chi connectivity index (χ3v) is 6.37. The van der Waals surface area contributed by atoms with Crippen LogP contribution < -0.4 is 10.1 Å². The number of carbonyl (C=O) groups is 1. The molecule has 0 radical (unpaired) electrons. The molecule has 0 fully saturated rings. The van der Waals surface area contributed by atoms with Gasteiger partial charge in [-0.3, -0.25) is 14.9 Å². The average Bonchev–Trinajstić information content (AvgIpc) is 3.13. The summed E-state index contributed by atoms with van der Waals surface area (Å²) in [6.07, 6.45) is 2.57. The Morgan fingerprint density at radius 3 is 2.73 bits per heavy atom. The molecule has 0 aliphatic carbocycles. The highest BCUT2D eigenvalue weighted by molar-refractivity contribution is 7.99. The van der Waals surface area contributed by atoms with Crippen LogP contribution in [-0.2, 0) is 24.7 Å². The molecule has 0 saturated heterocycles. The maximum atomic E-state index is 12.3. The molecule has 2 aromatic carbocycles. The summed E-state index contributed by atoms with van der Waals surface area (Å²) < 4.78 is 7.17. The molecule has 0 unspecified atom stereocenters. The number of aryl methyl sites for hydroxylation is 3. The topological polar surface area (TPSA) is 112 Å². The number of methoxy groups -OCH3 is 1. The van der Waals surface area contributed by atoms with Crippen LogP contribution in [0.25, 0.3) is 0 Å². The summed E-state index contributed by atoms with van der Waals surface area (Å²) in [6, 6.07) is 10.1. The Bertz CT molecular complexity index is 1170. The van der Waals surface area contributed by atoms with Gasteiger partial charge in [0.05, 0.1) is 28.5 Å². The lowest BCUT2D eigenvalue weighted by atomic mass is 10.0. The first kappa shape index (κ1) is 24.5. The second-order valence-electron chi connectivity index (χ2n) is 7.37. The molecule has 9 nitrogen and oxygen atoms in total. The van der Waals surface area contributed by atoms with Crippen molar-refractivity contribution in [3.63, 3.8) is 0 Å². The number of hydrogen-bond acceptors (Lipinski definition) is 7. The fraction of sp³-hybridized carbons (Fsp3) is 0.318. The van der Waals surface area contributed by atoms with Gasteiger partial charge >= 0.3 is 0 Å². The van der Waals surface area contributed by atoms with Crippen molar-refractivity contribution in [1.29, 1.82) is 0 Å². The summed E-state index contributed by atoms with van der Waals surface area (Å²) in [6.45, 7) is 2.03. The Hall–Kier alpha value is -3.11. The number of thioether (sulfide) groups is 1. The summed E-state index contributed by atoms with van der Waals surface area (Å²) in [7, 11) is 3.53. The maximum Gasteiger partial charge on any atom is 0.271 e. The monoisotopic (exact) mass is 489 g/mol. The summed E-state index contributed by atoms with van der Waals surface area (Å²) in [4.78, 5) is 22.7. The molecule has 0 aliphatic heterocycles. The summed E-state index contributed by atoms with van der Waals surface area (Å²) >= 11 is 7.26. The van der Waals surface area contributed by atoms with E-state index in [-0.39, 0.29) is 28.1 Å². The number of rotatable bonds is 10. The minimum atomic E-state index is -0.544. The van der Waals surface area contributed by atoms with E-state index in [0.717, 1.165) is 36.4 Å². The molecule has 1 N–H and O–H groups in total. The van der Waals surface area contributed by atoms with E-state index in [0.29, 0.717) is 5.16 Å². The number of halogens is 1. The number of carbonyl (C=O) groups excluding carboxylic acids is 1. The highest BCUT2D eigenvalue weighted by Crippen LogP contribution is 2.27. The van der Waals surface area contributed by atoms with Crippen LogP contribution in [0.5, 0.6) is 5.75 Å². The van der Waals surface area contributed by atoms with E-state index < -0.39 is 4.92 Å². The lowest BCUT2D eigenvalue weighted by Gasteiger charge is -2.08. The number of ether oxygens (including phenoxy) is 1. The van der Waals surface area contributed by atoms with Crippen molar-refractivity contribution in [2.24, 2.45) is 7.05 Å². The van der Waals surface area contributed by atoms with E-state index in [4.69, 9.17) is 16.3 Å². The largest absolute Gasteiger partial charge is 0.496 e. The van der Waals surface area contributed by atoms with Gasteiger partial charge in [0.1, 0.15) is 11.6 Å². The molecule has 0 aliphatic rings. The van der Waals surface area contributed by atoms with Crippen LogP contribution in [0.15, 0.2) is 41.6 Å². The third-order valence-electron chi connectivity index (χ3n) is 5.02. The van der Waals surface area contributed by atoms with Crippen LogP contribution in [-0.4, -0.2) is 38.5 Å².